The zero-order valence-corrected chi connectivity index (χ0v) is 10.9. The van der Waals surface area contributed by atoms with E-state index < -0.39 is 0 Å². The summed E-state index contributed by atoms with van der Waals surface area (Å²) in [5.74, 6) is -0.178. The molecule has 17 heavy (non-hydrogen) atoms. The van der Waals surface area contributed by atoms with Crippen molar-refractivity contribution in [3.05, 3.63) is 12.2 Å². The summed E-state index contributed by atoms with van der Waals surface area (Å²) in [7, 11) is 1.50. The second kappa shape index (κ2) is 12.7. The second-order valence-corrected chi connectivity index (χ2v) is 3.05. The Morgan fingerprint density at radius 3 is 2.41 bits per heavy atom. The Hall–Kier alpha value is -1.40. The average molecular weight is 245 g/mol. The minimum absolute atomic E-state index is 0.0903. The van der Waals surface area contributed by atoms with Gasteiger partial charge in [-0.3, -0.25) is 10.2 Å². The van der Waals surface area contributed by atoms with Gasteiger partial charge < -0.3 is 10.5 Å². The lowest BCUT2D eigenvalue weighted by atomic mass is 10.3. The predicted octanol–water partition coefficient (Wildman–Crippen LogP) is 0.0999. The van der Waals surface area contributed by atoms with Gasteiger partial charge in [0, 0.05) is 18.5 Å². The van der Waals surface area contributed by atoms with E-state index >= 15 is 0 Å². The molecule has 1 saturated heterocycles. The largest absolute Gasteiger partial charge is 0.463 e. The first-order valence-corrected chi connectivity index (χ1v) is 5.51. The molecule has 1 heterocycles. The average Bonchev–Trinajstić information content (AvgIpc) is 2.67. The van der Waals surface area contributed by atoms with Crippen LogP contribution in [-0.4, -0.2) is 31.6 Å². The van der Waals surface area contributed by atoms with Crippen LogP contribution in [0.1, 0.15) is 27.2 Å². The molecule has 0 aliphatic carbocycles. The van der Waals surface area contributed by atoms with Crippen molar-refractivity contribution >= 4 is 11.9 Å². The molecule has 0 radical (unpaired) electrons. The van der Waals surface area contributed by atoms with Gasteiger partial charge >= 0.3 is 5.97 Å². The number of ether oxygens (including phenoxy) is 1. The first-order chi connectivity index (χ1) is 8.10. The van der Waals surface area contributed by atoms with Crippen LogP contribution in [-0.2, 0) is 14.3 Å². The van der Waals surface area contributed by atoms with E-state index in [1.165, 1.54) is 13.1 Å². The molecule has 0 aromatic carbocycles. The molecule has 0 aromatic rings. The molecule has 1 unspecified atom stereocenters. The van der Waals surface area contributed by atoms with E-state index in [0.29, 0.717) is 19.1 Å². The van der Waals surface area contributed by atoms with Crippen molar-refractivity contribution in [3.63, 3.8) is 0 Å². The summed E-state index contributed by atoms with van der Waals surface area (Å²) < 4.78 is 4.56. The monoisotopic (exact) mass is 245 g/mol. The maximum absolute atomic E-state index is 10.3. The zero-order chi connectivity index (χ0) is 13.7. The summed E-state index contributed by atoms with van der Waals surface area (Å²) in [4.78, 5) is 20.6. The first-order valence-electron chi connectivity index (χ1n) is 5.51. The molecule has 1 amide bonds. The number of nitrogens with one attached hydrogen (secondary N) is 2. The molecule has 1 fully saturated rings. The van der Waals surface area contributed by atoms with Gasteiger partial charge in [-0.1, -0.05) is 6.08 Å². The Morgan fingerprint density at radius 2 is 2.18 bits per heavy atom. The number of hydrazine groups is 1. The number of amides is 1. The predicted molar refractivity (Wildman–Crippen MR) is 66.9 cm³/mol. The van der Waals surface area contributed by atoms with Crippen LogP contribution < -0.4 is 16.6 Å². The molecular formula is C11H23N3O3. The van der Waals surface area contributed by atoms with E-state index in [1.807, 2.05) is 6.92 Å². The van der Waals surface area contributed by atoms with Crippen LogP contribution >= 0.6 is 0 Å². The Morgan fingerprint density at radius 1 is 1.59 bits per heavy atom. The van der Waals surface area contributed by atoms with Gasteiger partial charge in [-0.15, -0.1) is 0 Å². The fraction of sp³-hybridized carbons (Fsp3) is 0.636. The highest BCUT2D eigenvalue weighted by Gasteiger charge is 2.14. The summed E-state index contributed by atoms with van der Waals surface area (Å²) in [5.41, 5.74) is 9.75. The molecule has 6 heteroatoms. The zero-order valence-electron chi connectivity index (χ0n) is 10.9. The van der Waals surface area contributed by atoms with E-state index in [2.05, 4.69) is 21.3 Å². The van der Waals surface area contributed by atoms with Gasteiger partial charge in [-0.05, 0) is 27.8 Å². The second-order valence-electron chi connectivity index (χ2n) is 3.05. The molecule has 0 spiro atoms. The maximum Gasteiger partial charge on any atom is 0.330 e. The van der Waals surface area contributed by atoms with Gasteiger partial charge in [0.05, 0.1) is 6.61 Å². The number of esters is 1. The van der Waals surface area contributed by atoms with Crippen molar-refractivity contribution in [2.45, 2.75) is 33.2 Å². The van der Waals surface area contributed by atoms with Gasteiger partial charge in [-0.2, -0.15) is 0 Å². The quantitative estimate of drug-likeness (QED) is 0.474. The molecule has 100 valence electrons. The van der Waals surface area contributed by atoms with E-state index in [-0.39, 0.29) is 11.9 Å². The minimum atomic E-state index is -0.269. The molecule has 1 aliphatic heterocycles. The highest BCUT2D eigenvalue weighted by molar-refractivity contribution is 5.81. The normalized spacial score (nSPS) is 17.5. The maximum atomic E-state index is 10.3. The van der Waals surface area contributed by atoms with Crippen molar-refractivity contribution < 1.29 is 14.3 Å². The van der Waals surface area contributed by atoms with Crippen LogP contribution in [0.4, 0.5) is 0 Å². The van der Waals surface area contributed by atoms with Gasteiger partial charge in [0.2, 0.25) is 5.91 Å². The van der Waals surface area contributed by atoms with E-state index in [9.17, 15) is 9.59 Å². The van der Waals surface area contributed by atoms with Crippen LogP contribution in [0, 0.1) is 0 Å². The summed E-state index contributed by atoms with van der Waals surface area (Å²) in [6, 6.07) is 0.312. The Bertz CT molecular complexity index is 242. The van der Waals surface area contributed by atoms with Crippen molar-refractivity contribution in [2.75, 3.05) is 13.7 Å². The topological polar surface area (TPSA) is 93.5 Å². The minimum Gasteiger partial charge on any atom is -0.463 e. The fourth-order valence-electron chi connectivity index (χ4n) is 0.910. The smallest absolute Gasteiger partial charge is 0.330 e. The molecule has 4 N–H and O–H groups in total. The number of carbonyl (C=O) groups is 2. The summed E-state index contributed by atoms with van der Waals surface area (Å²) in [5, 5.41) is 0. The lowest BCUT2D eigenvalue weighted by molar-refractivity contribution is -0.137. The Kier molecular flexibility index (Phi) is 13.4. The molecule has 1 atom stereocenters. The van der Waals surface area contributed by atoms with Crippen LogP contribution in [0.25, 0.3) is 0 Å². The standard InChI is InChI=1S/C6H10O2.C4H8N2O.CH5N/c1-3-5-6(7)8-4-2;1-3-2-4(7)6-5-3;1-2/h3,5H,4H2,1-2H3;3,5H,2H2,1H3,(H,6,7);2H2,1H3/b5-3+;;. The molecule has 0 saturated carbocycles. The van der Waals surface area contributed by atoms with Gasteiger partial charge in [0.1, 0.15) is 0 Å². The fourth-order valence-corrected chi connectivity index (χ4v) is 0.910. The van der Waals surface area contributed by atoms with Crippen molar-refractivity contribution in [2.24, 2.45) is 5.73 Å². The molecule has 1 rings (SSSR count). The van der Waals surface area contributed by atoms with Gasteiger partial charge in [-0.25, -0.2) is 10.2 Å². The number of nitrogens with two attached hydrogens (primary N) is 1. The summed E-state index contributed by atoms with van der Waals surface area (Å²) in [6.45, 7) is 5.96. The van der Waals surface area contributed by atoms with Crippen LogP contribution in [0.15, 0.2) is 12.2 Å². The molecule has 0 aromatic heterocycles. The highest BCUT2D eigenvalue weighted by atomic mass is 16.5. The summed E-state index contributed by atoms with van der Waals surface area (Å²) in [6.07, 6.45) is 3.65. The number of rotatable bonds is 2. The van der Waals surface area contributed by atoms with Crippen molar-refractivity contribution in [1.29, 1.82) is 0 Å². The van der Waals surface area contributed by atoms with Crippen LogP contribution in [0.3, 0.4) is 0 Å². The third kappa shape index (κ3) is 12.5. The van der Waals surface area contributed by atoms with Crippen molar-refractivity contribution in [1.82, 2.24) is 10.9 Å². The molecule has 1 aliphatic rings. The van der Waals surface area contributed by atoms with Crippen LogP contribution in [0.2, 0.25) is 0 Å². The number of hydrogen-bond donors (Lipinski definition) is 3. The van der Waals surface area contributed by atoms with E-state index in [0.717, 1.165) is 0 Å². The number of allylic oxidation sites excluding steroid dienone is 1. The SMILES string of the molecule is C/C=C/C(=O)OCC.CC1CC(=O)NN1.CN. The number of hydrogen-bond acceptors (Lipinski definition) is 5. The van der Waals surface area contributed by atoms with Crippen molar-refractivity contribution in [3.8, 4) is 0 Å². The molecular weight excluding hydrogens is 222 g/mol. The highest BCUT2D eigenvalue weighted by Crippen LogP contribution is 1.93. The van der Waals surface area contributed by atoms with Gasteiger partial charge in [0.25, 0.3) is 0 Å². The first kappa shape index (κ1) is 18.0. The lowest BCUT2D eigenvalue weighted by Gasteiger charge is -1.93. The molecule has 6 nitrogen and oxygen atoms in total. The van der Waals surface area contributed by atoms with E-state index in [1.54, 1.807) is 19.9 Å². The third-order valence-electron chi connectivity index (χ3n) is 1.54. The Balaban J connectivity index is 0. The molecule has 0 bridgehead atoms. The van der Waals surface area contributed by atoms with Crippen LogP contribution in [0.5, 0.6) is 0 Å². The Labute approximate surface area is 103 Å². The van der Waals surface area contributed by atoms with Gasteiger partial charge in [0.15, 0.2) is 0 Å². The summed E-state index contributed by atoms with van der Waals surface area (Å²) >= 11 is 0. The lowest BCUT2D eigenvalue weighted by Crippen LogP contribution is -2.29. The third-order valence-corrected chi connectivity index (χ3v) is 1.54. The number of carbonyl (C=O) groups excluding carboxylic acids is 2. The van der Waals surface area contributed by atoms with E-state index in [4.69, 9.17) is 0 Å².